The molecule has 1 heterocycles. The summed E-state index contributed by atoms with van der Waals surface area (Å²) in [5.74, 6) is 1.83. The van der Waals surface area contributed by atoms with Crippen LogP contribution in [0.5, 0.6) is 5.75 Å². The number of nitrogens with zero attached hydrogens (tertiary/aromatic N) is 2. The van der Waals surface area contributed by atoms with Crippen LogP contribution < -0.4 is 9.64 Å². The van der Waals surface area contributed by atoms with Crippen molar-refractivity contribution < 1.29 is 14.3 Å². The lowest BCUT2D eigenvalue weighted by Crippen LogP contribution is -2.37. The molecule has 33 heavy (non-hydrogen) atoms. The van der Waals surface area contributed by atoms with Crippen LogP contribution in [-0.4, -0.2) is 50.8 Å². The summed E-state index contributed by atoms with van der Waals surface area (Å²) in [6, 6.07) is 16.8. The summed E-state index contributed by atoms with van der Waals surface area (Å²) in [4.78, 5) is 16.6. The molecule has 0 unspecified atom stereocenters. The summed E-state index contributed by atoms with van der Waals surface area (Å²) >= 11 is 0. The summed E-state index contributed by atoms with van der Waals surface area (Å²) in [6.07, 6.45) is 2.93. The number of para-hydroxylation sites is 1. The van der Waals surface area contributed by atoms with E-state index in [0.29, 0.717) is 24.9 Å². The zero-order chi connectivity index (χ0) is 24.0. The molecule has 2 atom stereocenters. The van der Waals surface area contributed by atoms with Crippen molar-refractivity contribution in [3.05, 3.63) is 59.7 Å². The van der Waals surface area contributed by atoms with Crippen molar-refractivity contribution in [3.8, 4) is 5.75 Å². The second-order valence-corrected chi connectivity index (χ2v) is 10.00. The van der Waals surface area contributed by atoms with Crippen LogP contribution in [0.1, 0.15) is 57.1 Å². The predicted octanol–water partition coefficient (Wildman–Crippen LogP) is 5.49. The number of rotatable bonds is 9. The number of hydrogen-bond donors (Lipinski definition) is 0. The zero-order valence-corrected chi connectivity index (χ0v) is 21.1. The zero-order valence-electron chi connectivity index (χ0n) is 21.1. The van der Waals surface area contributed by atoms with E-state index in [-0.39, 0.29) is 11.5 Å². The Balaban J connectivity index is 1.79. The van der Waals surface area contributed by atoms with Crippen molar-refractivity contribution >= 4 is 11.6 Å². The van der Waals surface area contributed by atoms with Gasteiger partial charge in [0.1, 0.15) is 5.75 Å². The van der Waals surface area contributed by atoms with E-state index in [4.69, 9.17) is 9.47 Å². The third-order valence-electron chi connectivity index (χ3n) is 6.82. The van der Waals surface area contributed by atoms with Crippen molar-refractivity contribution in [3.63, 3.8) is 0 Å². The van der Waals surface area contributed by atoms with Gasteiger partial charge in [-0.1, -0.05) is 30.3 Å². The smallest absolute Gasteiger partial charge is 0.219 e. The van der Waals surface area contributed by atoms with Gasteiger partial charge in [-0.3, -0.25) is 4.79 Å². The summed E-state index contributed by atoms with van der Waals surface area (Å²) in [7, 11) is 5.81. The normalized spacial score (nSPS) is 18.4. The number of carbonyl (C=O) groups excluding carboxylic acids is 1. The Kier molecular flexibility index (Phi) is 8.41. The van der Waals surface area contributed by atoms with Crippen molar-refractivity contribution in [2.45, 2.75) is 58.1 Å². The minimum Gasteiger partial charge on any atom is -0.496 e. The van der Waals surface area contributed by atoms with Gasteiger partial charge in [0, 0.05) is 46.4 Å². The standard InChI is InChI=1S/C28H40N2O3/c1-21(31)30(20-22-11-13-24(14-12-22)29(4)5)17-15-25(23-16-18-33-28(2,3)19-23)26-9-7-8-10-27(26)32-6/h7-14,23,25H,15-20H2,1-6H3/t23-,25+/m0/s1. The third-order valence-corrected chi connectivity index (χ3v) is 6.82. The van der Waals surface area contributed by atoms with Crippen molar-refractivity contribution in [2.75, 3.05) is 39.3 Å². The molecule has 1 fully saturated rings. The Labute approximate surface area is 199 Å². The fraction of sp³-hybridized carbons (Fsp3) is 0.536. The SMILES string of the molecule is COc1ccccc1[C@H](CCN(Cc1ccc(N(C)C)cc1)C(C)=O)[C@H]1CCOC(C)(C)C1. The van der Waals surface area contributed by atoms with E-state index in [1.807, 2.05) is 31.1 Å². The maximum Gasteiger partial charge on any atom is 0.219 e. The molecule has 1 aliphatic rings. The highest BCUT2D eigenvalue weighted by Crippen LogP contribution is 2.42. The van der Waals surface area contributed by atoms with Crippen molar-refractivity contribution in [1.29, 1.82) is 0 Å². The number of benzene rings is 2. The average molecular weight is 453 g/mol. The Morgan fingerprint density at radius 1 is 1.15 bits per heavy atom. The van der Waals surface area contributed by atoms with Crippen LogP contribution in [-0.2, 0) is 16.1 Å². The molecule has 0 aliphatic carbocycles. The quantitative estimate of drug-likeness (QED) is 0.505. The first-order valence-electron chi connectivity index (χ1n) is 12.0. The molecule has 0 saturated carbocycles. The van der Waals surface area contributed by atoms with Gasteiger partial charge in [-0.05, 0) is 74.3 Å². The largest absolute Gasteiger partial charge is 0.496 e. The van der Waals surface area contributed by atoms with Gasteiger partial charge in [0.15, 0.2) is 0 Å². The van der Waals surface area contributed by atoms with E-state index in [9.17, 15) is 4.79 Å². The lowest BCUT2D eigenvalue weighted by molar-refractivity contribution is -0.129. The Morgan fingerprint density at radius 3 is 2.45 bits per heavy atom. The second kappa shape index (κ2) is 11.1. The lowest BCUT2D eigenvalue weighted by Gasteiger charge is -2.40. The van der Waals surface area contributed by atoms with Gasteiger partial charge in [0.05, 0.1) is 12.7 Å². The van der Waals surface area contributed by atoms with E-state index in [2.05, 4.69) is 55.1 Å². The van der Waals surface area contributed by atoms with Gasteiger partial charge >= 0.3 is 0 Å². The van der Waals surface area contributed by atoms with Gasteiger partial charge in [0.25, 0.3) is 0 Å². The molecule has 2 aromatic carbocycles. The van der Waals surface area contributed by atoms with Crippen LogP contribution in [0.25, 0.3) is 0 Å². The number of ether oxygens (including phenoxy) is 2. The van der Waals surface area contributed by atoms with E-state index in [0.717, 1.165) is 42.9 Å². The molecule has 5 nitrogen and oxygen atoms in total. The van der Waals surface area contributed by atoms with E-state index in [1.54, 1.807) is 14.0 Å². The summed E-state index contributed by atoms with van der Waals surface area (Å²) < 4.78 is 11.7. The molecule has 1 aliphatic heterocycles. The lowest BCUT2D eigenvalue weighted by atomic mass is 9.75. The number of methoxy groups -OCH3 is 1. The molecular formula is C28H40N2O3. The topological polar surface area (TPSA) is 42.0 Å². The molecular weight excluding hydrogens is 412 g/mol. The van der Waals surface area contributed by atoms with Crippen LogP contribution in [0, 0.1) is 5.92 Å². The summed E-state index contributed by atoms with van der Waals surface area (Å²) in [5.41, 5.74) is 3.42. The minimum absolute atomic E-state index is 0.109. The summed E-state index contributed by atoms with van der Waals surface area (Å²) in [5, 5.41) is 0. The van der Waals surface area contributed by atoms with Crippen LogP contribution in [0.2, 0.25) is 0 Å². The van der Waals surface area contributed by atoms with Crippen LogP contribution in [0.4, 0.5) is 5.69 Å². The van der Waals surface area contributed by atoms with E-state index in [1.165, 1.54) is 5.56 Å². The van der Waals surface area contributed by atoms with Crippen LogP contribution in [0.15, 0.2) is 48.5 Å². The molecule has 1 amide bonds. The van der Waals surface area contributed by atoms with Gasteiger partial charge in [0.2, 0.25) is 5.91 Å². The minimum atomic E-state index is -0.127. The number of anilines is 1. The maximum absolute atomic E-state index is 12.5. The van der Waals surface area contributed by atoms with Gasteiger partial charge < -0.3 is 19.3 Å². The first-order chi connectivity index (χ1) is 15.7. The molecule has 0 radical (unpaired) electrons. The molecule has 1 saturated heterocycles. The molecule has 0 spiro atoms. The highest BCUT2D eigenvalue weighted by molar-refractivity contribution is 5.73. The van der Waals surface area contributed by atoms with Crippen molar-refractivity contribution in [1.82, 2.24) is 4.90 Å². The molecule has 2 aromatic rings. The number of hydrogen-bond acceptors (Lipinski definition) is 4. The predicted molar refractivity (Wildman–Crippen MR) is 135 cm³/mol. The highest BCUT2D eigenvalue weighted by Gasteiger charge is 2.35. The highest BCUT2D eigenvalue weighted by atomic mass is 16.5. The fourth-order valence-corrected chi connectivity index (χ4v) is 5.00. The first-order valence-corrected chi connectivity index (χ1v) is 12.0. The monoisotopic (exact) mass is 452 g/mol. The second-order valence-electron chi connectivity index (χ2n) is 10.00. The number of amides is 1. The van der Waals surface area contributed by atoms with E-state index >= 15 is 0 Å². The van der Waals surface area contributed by atoms with Gasteiger partial charge in [-0.15, -0.1) is 0 Å². The van der Waals surface area contributed by atoms with Crippen LogP contribution >= 0.6 is 0 Å². The average Bonchev–Trinajstić information content (AvgIpc) is 2.78. The fourth-order valence-electron chi connectivity index (χ4n) is 5.00. The maximum atomic E-state index is 12.5. The number of carbonyl (C=O) groups is 1. The molecule has 3 rings (SSSR count). The Bertz CT molecular complexity index is 908. The molecule has 0 N–H and O–H groups in total. The molecule has 0 bridgehead atoms. The molecule has 180 valence electrons. The van der Waals surface area contributed by atoms with Gasteiger partial charge in [-0.25, -0.2) is 0 Å². The first kappa shape index (κ1) is 25.1. The Morgan fingerprint density at radius 2 is 1.85 bits per heavy atom. The summed E-state index contributed by atoms with van der Waals surface area (Å²) in [6.45, 7) is 8.14. The molecule has 0 aromatic heterocycles. The third kappa shape index (κ3) is 6.73. The van der Waals surface area contributed by atoms with Gasteiger partial charge in [-0.2, -0.15) is 0 Å². The van der Waals surface area contributed by atoms with E-state index < -0.39 is 0 Å². The van der Waals surface area contributed by atoms with Crippen LogP contribution in [0.3, 0.4) is 0 Å². The van der Waals surface area contributed by atoms with Crippen molar-refractivity contribution in [2.24, 2.45) is 5.92 Å². The Hall–Kier alpha value is -2.53. The molecule has 5 heteroatoms.